The molecule has 0 aliphatic heterocycles. The van der Waals surface area contributed by atoms with Crippen LogP contribution in [0.4, 0.5) is 0 Å². The summed E-state index contributed by atoms with van der Waals surface area (Å²) in [5.41, 5.74) is 6.05. The van der Waals surface area contributed by atoms with E-state index in [1.165, 1.54) is 18.2 Å². The van der Waals surface area contributed by atoms with Gasteiger partial charge in [0.25, 0.3) is 0 Å². The summed E-state index contributed by atoms with van der Waals surface area (Å²) in [6, 6.07) is 20.0. The van der Waals surface area contributed by atoms with Crippen molar-refractivity contribution < 1.29 is 9.53 Å². The average molecular weight is 388 g/mol. The van der Waals surface area contributed by atoms with Gasteiger partial charge in [0.05, 0.1) is 12.8 Å². The van der Waals surface area contributed by atoms with Crippen LogP contribution in [0.25, 0.3) is 22.2 Å². The summed E-state index contributed by atoms with van der Waals surface area (Å²) in [6.45, 7) is 4.24. The van der Waals surface area contributed by atoms with Gasteiger partial charge in [-0.05, 0) is 54.8 Å². The van der Waals surface area contributed by atoms with E-state index >= 15 is 0 Å². The van der Waals surface area contributed by atoms with Crippen LogP contribution in [0, 0.1) is 13.8 Å². The molecule has 4 rings (SSSR count). The Bertz CT molecular complexity index is 1170. The quantitative estimate of drug-likeness (QED) is 0.450. The van der Waals surface area contributed by atoms with Crippen LogP contribution in [-0.2, 0) is 4.74 Å². The Balaban J connectivity index is 1.87. The van der Waals surface area contributed by atoms with E-state index in [1.807, 2.05) is 30.3 Å². The van der Waals surface area contributed by atoms with Crippen molar-refractivity contribution in [2.45, 2.75) is 23.8 Å². The fourth-order valence-corrected chi connectivity index (χ4v) is 4.19. The predicted octanol–water partition coefficient (Wildman–Crippen LogP) is 5.78. The molecule has 1 N–H and O–H groups in total. The standard InChI is InChI=1S/C23H20N2O2S/c1-14-12-17-19(13-15(14)2)25-21(16-8-5-4-6-9-16)22(17)28-20-11-7-10-18(24-20)23(26)27-3/h4-13,25H,1-3H3. The van der Waals surface area contributed by atoms with Gasteiger partial charge >= 0.3 is 5.97 Å². The minimum absolute atomic E-state index is 0.306. The van der Waals surface area contributed by atoms with Gasteiger partial charge < -0.3 is 9.72 Å². The van der Waals surface area contributed by atoms with E-state index in [0.29, 0.717) is 5.69 Å². The van der Waals surface area contributed by atoms with E-state index in [1.54, 1.807) is 17.8 Å². The van der Waals surface area contributed by atoms with Crippen LogP contribution in [0.2, 0.25) is 0 Å². The normalized spacial score (nSPS) is 11.0. The first-order valence-electron chi connectivity index (χ1n) is 8.98. The SMILES string of the molecule is COC(=O)c1cccc(Sc2c(-c3ccccc3)[nH]c3cc(C)c(C)cc23)n1. The summed E-state index contributed by atoms with van der Waals surface area (Å²) >= 11 is 1.55. The average Bonchev–Trinajstić information content (AvgIpc) is 3.06. The summed E-state index contributed by atoms with van der Waals surface area (Å²) < 4.78 is 4.80. The largest absolute Gasteiger partial charge is 0.464 e. The van der Waals surface area contributed by atoms with Crippen molar-refractivity contribution in [3.63, 3.8) is 0 Å². The predicted molar refractivity (Wildman–Crippen MR) is 113 cm³/mol. The summed E-state index contributed by atoms with van der Waals surface area (Å²) in [5, 5.41) is 1.90. The zero-order chi connectivity index (χ0) is 19.7. The van der Waals surface area contributed by atoms with Crippen LogP contribution >= 0.6 is 11.8 Å². The minimum atomic E-state index is -0.434. The second-order valence-corrected chi connectivity index (χ2v) is 7.66. The summed E-state index contributed by atoms with van der Waals surface area (Å²) in [7, 11) is 1.36. The first-order chi connectivity index (χ1) is 13.6. The Hall–Kier alpha value is -3.05. The van der Waals surface area contributed by atoms with Crippen molar-refractivity contribution in [1.29, 1.82) is 0 Å². The van der Waals surface area contributed by atoms with Gasteiger partial charge in [0.2, 0.25) is 0 Å². The Labute approximate surface area is 168 Å². The van der Waals surface area contributed by atoms with Crippen molar-refractivity contribution in [2.24, 2.45) is 0 Å². The molecule has 0 aliphatic carbocycles. The van der Waals surface area contributed by atoms with Crippen LogP contribution in [0.15, 0.2) is 70.6 Å². The van der Waals surface area contributed by atoms with Gasteiger partial charge in [-0.1, -0.05) is 48.2 Å². The Kier molecular flexibility index (Phi) is 4.92. The highest BCUT2D eigenvalue weighted by Crippen LogP contribution is 2.41. The van der Waals surface area contributed by atoms with Crippen LogP contribution in [0.1, 0.15) is 21.6 Å². The van der Waals surface area contributed by atoms with Crippen molar-refractivity contribution in [3.8, 4) is 11.3 Å². The van der Waals surface area contributed by atoms with Gasteiger partial charge in [-0.15, -0.1) is 0 Å². The molecule has 0 unspecified atom stereocenters. The molecule has 4 aromatic rings. The van der Waals surface area contributed by atoms with Crippen LogP contribution in [0.3, 0.4) is 0 Å². The molecule has 2 heterocycles. The summed E-state index contributed by atoms with van der Waals surface area (Å²) in [6.07, 6.45) is 0. The molecule has 2 aromatic heterocycles. The maximum atomic E-state index is 11.9. The van der Waals surface area contributed by atoms with Gasteiger partial charge in [0.1, 0.15) is 10.7 Å². The molecule has 28 heavy (non-hydrogen) atoms. The van der Waals surface area contributed by atoms with Gasteiger partial charge in [0.15, 0.2) is 0 Å². The maximum absolute atomic E-state index is 11.9. The molecule has 4 nitrogen and oxygen atoms in total. The van der Waals surface area contributed by atoms with Crippen molar-refractivity contribution >= 4 is 28.6 Å². The molecule has 0 amide bonds. The number of nitrogens with zero attached hydrogens (tertiary/aromatic N) is 1. The monoisotopic (exact) mass is 388 g/mol. The zero-order valence-corrected chi connectivity index (χ0v) is 16.8. The maximum Gasteiger partial charge on any atom is 0.356 e. The minimum Gasteiger partial charge on any atom is -0.464 e. The lowest BCUT2D eigenvalue weighted by Gasteiger charge is -2.07. The topological polar surface area (TPSA) is 55.0 Å². The summed E-state index contributed by atoms with van der Waals surface area (Å²) in [5.74, 6) is -0.434. The van der Waals surface area contributed by atoms with Gasteiger partial charge in [-0.3, -0.25) is 0 Å². The molecule has 0 radical (unpaired) electrons. The van der Waals surface area contributed by atoms with Crippen molar-refractivity contribution in [3.05, 3.63) is 77.5 Å². The highest BCUT2D eigenvalue weighted by Gasteiger charge is 2.17. The number of hydrogen-bond acceptors (Lipinski definition) is 4. The number of esters is 1. The number of aromatic amines is 1. The highest BCUT2D eigenvalue weighted by atomic mass is 32.2. The third-order valence-corrected chi connectivity index (χ3v) is 5.82. The molecule has 0 fully saturated rings. The van der Waals surface area contributed by atoms with Crippen LogP contribution in [0.5, 0.6) is 0 Å². The molecule has 0 atom stereocenters. The molecule has 0 saturated carbocycles. The van der Waals surface area contributed by atoms with E-state index in [-0.39, 0.29) is 0 Å². The lowest BCUT2D eigenvalue weighted by molar-refractivity contribution is 0.0593. The number of carbonyl (C=O) groups is 1. The van der Waals surface area contributed by atoms with E-state index in [4.69, 9.17) is 4.74 Å². The number of aromatic nitrogens is 2. The number of fused-ring (bicyclic) bond motifs is 1. The van der Waals surface area contributed by atoms with Gasteiger partial charge in [-0.25, -0.2) is 9.78 Å². The number of benzene rings is 2. The molecule has 0 saturated heterocycles. The number of carbonyl (C=O) groups excluding carboxylic acids is 1. The van der Waals surface area contributed by atoms with E-state index in [0.717, 1.165) is 32.1 Å². The van der Waals surface area contributed by atoms with E-state index in [9.17, 15) is 4.79 Å². The number of nitrogens with one attached hydrogen (secondary N) is 1. The number of H-pyrrole nitrogens is 1. The number of pyridine rings is 1. The zero-order valence-electron chi connectivity index (χ0n) is 15.9. The second kappa shape index (κ2) is 7.52. The smallest absolute Gasteiger partial charge is 0.356 e. The molecule has 5 heteroatoms. The lowest BCUT2D eigenvalue weighted by Crippen LogP contribution is -2.04. The third-order valence-electron chi connectivity index (χ3n) is 4.75. The molecule has 0 aliphatic rings. The fraction of sp³-hybridized carbons (Fsp3) is 0.130. The Morgan fingerprint density at radius 2 is 1.75 bits per heavy atom. The number of aryl methyl sites for hydroxylation is 2. The highest BCUT2D eigenvalue weighted by molar-refractivity contribution is 7.99. The Morgan fingerprint density at radius 3 is 2.50 bits per heavy atom. The van der Waals surface area contributed by atoms with Crippen molar-refractivity contribution in [2.75, 3.05) is 7.11 Å². The van der Waals surface area contributed by atoms with Gasteiger partial charge in [-0.2, -0.15) is 0 Å². The first kappa shape index (κ1) is 18.3. The molecule has 0 spiro atoms. The number of rotatable bonds is 4. The number of hydrogen-bond donors (Lipinski definition) is 1. The third kappa shape index (κ3) is 3.41. The van der Waals surface area contributed by atoms with Gasteiger partial charge in [0, 0.05) is 15.8 Å². The Morgan fingerprint density at radius 1 is 1.00 bits per heavy atom. The summed E-state index contributed by atoms with van der Waals surface area (Å²) in [4.78, 5) is 21.0. The fourth-order valence-electron chi connectivity index (χ4n) is 3.14. The first-order valence-corrected chi connectivity index (χ1v) is 9.80. The second-order valence-electron chi connectivity index (χ2n) is 6.63. The van der Waals surface area contributed by atoms with Crippen LogP contribution < -0.4 is 0 Å². The van der Waals surface area contributed by atoms with Crippen LogP contribution in [-0.4, -0.2) is 23.0 Å². The lowest BCUT2D eigenvalue weighted by atomic mass is 10.1. The number of ether oxygens (including phenoxy) is 1. The number of methoxy groups -OCH3 is 1. The molecule has 0 bridgehead atoms. The molecule has 2 aromatic carbocycles. The van der Waals surface area contributed by atoms with Crippen molar-refractivity contribution in [1.82, 2.24) is 9.97 Å². The van der Waals surface area contributed by atoms with E-state index in [2.05, 4.69) is 48.1 Å². The molecular weight excluding hydrogens is 368 g/mol. The van der Waals surface area contributed by atoms with E-state index < -0.39 is 5.97 Å². The molecular formula is C23H20N2O2S. The molecule has 140 valence electrons.